The highest BCUT2D eigenvalue weighted by Gasteiger charge is 2.14. The van der Waals surface area contributed by atoms with Gasteiger partial charge in [0.25, 0.3) is 5.91 Å². The van der Waals surface area contributed by atoms with Crippen LogP contribution in [0.25, 0.3) is 0 Å². The summed E-state index contributed by atoms with van der Waals surface area (Å²) in [5.41, 5.74) is 6.12. The van der Waals surface area contributed by atoms with Crippen LogP contribution < -0.4 is 5.73 Å². The standard InChI is InChI=1S/C12H14N4O2/c1-16(7-11-14-4-5-15-11)12(18)8-2-3-9(13)10(17)6-8/h2-6,17H,7,13H2,1H3,(H,14,15). The monoisotopic (exact) mass is 246 g/mol. The number of aromatic amines is 1. The van der Waals surface area contributed by atoms with Gasteiger partial charge in [-0.3, -0.25) is 4.79 Å². The largest absolute Gasteiger partial charge is 0.506 e. The molecule has 0 aliphatic rings. The van der Waals surface area contributed by atoms with Crippen LogP contribution in [0.2, 0.25) is 0 Å². The fourth-order valence-electron chi connectivity index (χ4n) is 1.58. The number of phenols is 1. The first-order valence-corrected chi connectivity index (χ1v) is 5.40. The Balaban J connectivity index is 2.12. The predicted octanol–water partition coefficient (Wildman–Crippen LogP) is 0.970. The molecule has 0 aliphatic heterocycles. The van der Waals surface area contributed by atoms with E-state index in [1.54, 1.807) is 25.5 Å². The number of benzene rings is 1. The van der Waals surface area contributed by atoms with E-state index in [1.807, 2.05) is 0 Å². The van der Waals surface area contributed by atoms with Crippen LogP contribution in [0.4, 0.5) is 5.69 Å². The van der Waals surface area contributed by atoms with Gasteiger partial charge in [-0.15, -0.1) is 0 Å². The highest BCUT2D eigenvalue weighted by molar-refractivity contribution is 5.95. The van der Waals surface area contributed by atoms with Crippen molar-refractivity contribution in [3.05, 3.63) is 42.0 Å². The van der Waals surface area contributed by atoms with Crippen molar-refractivity contribution in [1.29, 1.82) is 0 Å². The van der Waals surface area contributed by atoms with Crippen molar-refractivity contribution in [1.82, 2.24) is 14.9 Å². The lowest BCUT2D eigenvalue weighted by Crippen LogP contribution is -2.26. The number of imidazole rings is 1. The van der Waals surface area contributed by atoms with Crippen molar-refractivity contribution in [2.75, 3.05) is 12.8 Å². The molecule has 1 aromatic heterocycles. The topological polar surface area (TPSA) is 95.2 Å². The summed E-state index contributed by atoms with van der Waals surface area (Å²) >= 11 is 0. The van der Waals surface area contributed by atoms with Gasteiger partial charge >= 0.3 is 0 Å². The van der Waals surface area contributed by atoms with Gasteiger partial charge in [0.05, 0.1) is 12.2 Å². The number of rotatable bonds is 3. The molecule has 1 heterocycles. The molecular weight excluding hydrogens is 232 g/mol. The molecule has 0 atom stereocenters. The van der Waals surface area contributed by atoms with Crippen molar-refractivity contribution in [2.24, 2.45) is 0 Å². The molecule has 6 heteroatoms. The molecule has 1 amide bonds. The van der Waals surface area contributed by atoms with E-state index in [0.717, 1.165) is 0 Å². The summed E-state index contributed by atoms with van der Waals surface area (Å²) in [5, 5.41) is 9.47. The Labute approximate surface area is 104 Å². The average Bonchev–Trinajstić information content (AvgIpc) is 2.84. The van der Waals surface area contributed by atoms with E-state index in [9.17, 15) is 9.90 Å². The van der Waals surface area contributed by atoms with Crippen LogP contribution in [0, 0.1) is 0 Å². The molecule has 0 spiro atoms. The number of amides is 1. The van der Waals surface area contributed by atoms with E-state index < -0.39 is 0 Å². The number of H-pyrrole nitrogens is 1. The molecule has 2 aromatic rings. The molecule has 0 bridgehead atoms. The Bertz CT molecular complexity index is 551. The molecule has 0 aliphatic carbocycles. The Morgan fingerprint density at radius 3 is 2.94 bits per heavy atom. The summed E-state index contributed by atoms with van der Waals surface area (Å²) in [5.74, 6) is 0.402. The number of hydrogen-bond donors (Lipinski definition) is 3. The predicted molar refractivity (Wildman–Crippen MR) is 66.9 cm³/mol. The lowest BCUT2D eigenvalue weighted by atomic mass is 10.1. The Hall–Kier alpha value is -2.50. The number of phenolic OH excluding ortho intramolecular Hbond substituents is 1. The molecule has 94 valence electrons. The number of carbonyl (C=O) groups excluding carboxylic acids is 1. The third-order valence-electron chi connectivity index (χ3n) is 2.57. The van der Waals surface area contributed by atoms with Gasteiger partial charge in [-0.25, -0.2) is 4.98 Å². The maximum atomic E-state index is 12.1. The molecular formula is C12H14N4O2. The minimum Gasteiger partial charge on any atom is -0.506 e. The molecule has 0 radical (unpaired) electrons. The van der Waals surface area contributed by atoms with Crippen molar-refractivity contribution in [3.63, 3.8) is 0 Å². The van der Waals surface area contributed by atoms with Crippen LogP contribution >= 0.6 is 0 Å². The maximum Gasteiger partial charge on any atom is 0.254 e. The van der Waals surface area contributed by atoms with E-state index in [-0.39, 0.29) is 17.3 Å². The zero-order valence-electron chi connectivity index (χ0n) is 9.92. The summed E-state index contributed by atoms with van der Waals surface area (Å²) < 4.78 is 0. The molecule has 0 fully saturated rings. The van der Waals surface area contributed by atoms with Gasteiger partial charge in [0.15, 0.2) is 0 Å². The second-order valence-electron chi connectivity index (χ2n) is 3.97. The van der Waals surface area contributed by atoms with Crippen molar-refractivity contribution < 1.29 is 9.90 Å². The van der Waals surface area contributed by atoms with E-state index in [4.69, 9.17) is 5.73 Å². The van der Waals surface area contributed by atoms with Gasteiger partial charge < -0.3 is 20.7 Å². The van der Waals surface area contributed by atoms with E-state index in [2.05, 4.69) is 9.97 Å². The van der Waals surface area contributed by atoms with Crippen molar-refractivity contribution in [2.45, 2.75) is 6.54 Å². The lowest BCUT2D eigenvalue weighted by molar-refractivity contribution is 0.0781. The SMILES string of the molecule is CN(Cc1ncc[nH]1)C(=O)c1ccc(N)c(O)c1. The van der Waals surface area contributed by atoms with Crippen LogP contribution in [-0.4, -0.2) is 32.9 Å². The molecule has 4 N–H and O–H groups in total. The fourth-order valence-corrected chi connectivity index (χ4v) is 1.58. The number of aromatic nitrogens is 2. The van der Waals surface area contributed by atoms with E-state index >= 15 is 0 Å². The second-order valence-corrected chi connectivity index (χ2v) is 3.97. The summed E-state index contributed by atoms with van der Waals surface area (Å²) in [6.45, 7) is 0.372. The molecule has 0 saturated carbocycles. The Morgan fingerprint density at radius 1 is 1.56 bits per heavy atom. The normalized spacial score (nSPS) is 10.3. The van der Waals surface area contributed by atoms with E-state index in [1.165, 1.54) is 17.0 Å². The van der Waals surface area contributed by atoms with Crippen LogP contribution in [0.3, 0.4) is 0 Å². The molecule has 18 heavy (non-hydrogen) atoms. The molecule has 6 nitrogen and oxygen atoms in total. The lowest BCUT2D eigenvalue weighted by Gasteiger charge is -2.16. The molecule has 0 saturated heterocycles. The Morgan fingerprint density at radius 2 is 2.33 bits per heavy atom. The Kier molecular flexibility index (Phi) is 3.18. The van der Waals surface area contributed by atoms with Crippen LogP contribution in [-0.2, 0) is 6.54 Å². The van der Waals surface area contributed by atoms with Gasteiger partial charge in [0.1, 0.15) is 11.6 Å². The fraction of sp³-hybridized carbons (Fsp3) is 0.167. The minimum absolute atomic E-state index is 0.0905. The van der Waals surface area contributed by atoms with Crippen molar-refractivity contribution in [3.8, 4) is 5.75 Å². The first-order valence-electron chi connectivity index (χ1n) is 5.40. The second kappa shape index (κ2) is 4.79. The average molecular weight is 246 g/mol. The number of nitrogens with one attached hydrogen (secondary N) is 1. The number of nitrogens with two attached hydrogens (primary N) is 1. The van der Waals surface area contributed by atoms with Crippen molar-refractivity contribution >= 4 is 11.6 Å². The number of nitrogens with zero attached hydrogens (tertiary/aromatic N) is 2. The van der Waals surface area contributed by atoms with Gasteiger partial charge in [-0.1, -0.05) is 0 Å². The summed E-state index contributed by atoms with van der Waals surface area (Å²) in [6, 6.07) is 4.44. The third-order valence-corrected chi connectivity index (χ3v) is 2.57. The first kappa shape index (κ1) is 12.0. The number of nitrogen functional groups attached to an aromatic ring is 1. The zero-order chi connectivity index (χ0) is 13.1. The smallest absolute Gasteiger partial charge is 0.254 e. The zero-order valence-corrected chi connectivity index (χ0v) is 9.92. The van der Waals surface area contributed by atoms with Gasteiger partial charge in [0.2, 0.25) is 0 Å². The molecule has 0 unspecified atom stereocenters. The van der Waals surface area contributed by atoms with Crippen LogP contribution in [0.5, 0.6) is 5.75 Å². The van der Waals surface area contributed by atoms with Gasteiger partial charge in [-0.2, -0.15) is 0 Å². The van der Waals surface area contributed by atoms with Crippen LogP contribution in [0.1, 0.15) is 16.2 Å². The minimum atomic E-state index is -0.207. The first-order chi connectivity index (χ1) is 8.58. The highest BCUT2D eigenvalue weighted by Crippen LogP contribution is 2.21. The number of carbonyl (C=O) groups is 1. The number of aromatic hydroxyl groups is 1. The summed E-state index contributed by atoms with van der Waals surface area (Å²) in [7, 11) is 1.66. The highest BCUT2D eigenvalue weighted by atomic mass is 16.3. The summed E-state index contributed by atoms with van der Waals surface area (Å²) in [6.07, 6.45) is 3.32. The third kappa shape index (κ3) is 2.42. The number of hydrogen-bond acceptors (Lipinski definition) is 4. The van der Waals surface area contributed by atoms with Crippen LogP contribution in [0.15, 0.2) is 30.6 Å². The summed E-state index contributed by atoms with van der Waals surface area (Å²) in [4.78, 5) is 20.5. The maximum absolute atomic E-state index is 12.1. The number of anilines is 1. The molecule has 2 rings (SSSR count). The van der Waals surface area contributed by atoms with E-state index in [0.29, 0.717) is 17.9 Å². The van der Waals surface area contributed by atoms with Gasteiger partial charge in [0, 0.05) is 25.0 Å². The quantitative estimate of drug-likeness (QED) is 0.555. The molecule has 1 aromatic carbocycles. The van der Waals surface area contributed by atoms with Gasteiger partial charge in [-0.05, 0) is 18.2 Å².